The SMILES string of the molecule is C=CC(C)CC(C)C(C)(N)C(C)C. The second-order valence-corrected chi connectivity index (χ2v) is 4.87. The van der Waals surface area contributed by atoms with Crippen LogP contribution in [0.5, 0.6) is 0 Å². The van der Waals surface area contributed by atoms with Gasteiger partial charge in [-0.3, -0.25) is 0 Å². The van der Waals surface area contributed by atoms with Gasteiger partial charge in [0.25, 0.3) is 0 Å². The Labute approximate surface area is 83.4 Å². The van der Waals surface area contributed by atoms with Crippen LogP contribution in [0.15, 0.2) is 12.7 Å². The highest BCUT2D eigenvalue weighted by Crippen LogP contribution is 2.28. The van der Waals surface area contributed by atoms with E-state index < -0.39 is 0 Å². The predicted octanol–water partition coefficient (Wildman–Crippen LogP) is 3.21. The van der Waals surface area contributed by atoms with Crippen molar-refractivity contribution in [1.29, 1.82) is 0 Å². The molecule has 1 heteroatoms. The molecule has 2 N–H and O–H groups in total. The molecule has 0 radical (unpaired) electrons. The van der Waals surface area contributed by atoms with E-state index in [0.717, 1.165) is 6.42 Å². The Hall–Kier alpha value is -0.300. The summed E-state index contributed by atoms with van der Waals surface area (Å²) in [7, 11) is 0. The van der Waals surface area contributed by atoms with Crippen molar-refractivity contribution in [2.75, 3.05) is 0 Å². The molecule has 3 atom stereocenters. The molecule has 0 saturated carbocycles. The summed E-state index contributed by atoms with van der Waals surface area (Å²) in [4.78, 5) is 0. The van der Waals surface area contributed by atoms with Crippen molar-refractivity contribution in [1.82, 2.24) is 0 Å². The highest BCUT2D eigenvalue weighted by molar-refractivity contribution is 4.90. The van der Waals surface area contributed by atoms with Gasteiger partial charge in [-0.15, -0.1) is 6.58 Å². The van der Waals surface area contributed by atoms with Gasteiger partial charge in [0.05, 0.1) is 0 Å². The van der Waals surface area contributed by atoms with Gasteiger partial charge in [0, 0.05) is 5.54 Å². The Bertz CT molecular complexity index is 159. The molecule has 0 aromatic rings. The van der Waals surface area contributed by atoms with Crippen LogP contribution < -0.4 is 5.73 Å². The normalized spacial score (nSPS) is 20.8. The molecule has 0 bridgehead atoms. The summed E-state index contributed by atoms with van der Waals surface area (Å²) < 4.78 is 0. The number of hydrogen-bond acceptors (Lipinski definition) is 1. The molecular formula is C12H25N. The molecule has 0 aromatic heterocycles. The third-order valence-electron chi connectivity index (χ3n) is 3.43. The summed E-state index contributed by atoms with van der Waals surface area (Å²) in [5.41, 5.74) is 6.21. The molecule has 0 amide bonds. The minimum atomic E-state index is -0.0583. The van der Waals surface area contributed by atoms with E-state index in [1.165, 1.54) is 0 Å². The molecule has 1 nitrogen and oxygen atoms in total. The van der Waals surface area contributed by atoms with Gasteiger partial charge in [-0.05, 0) is 31.1 Å². The zero-order valence-corrected chi connectivity index (χ0v) is 9.80. The van der Waals surface area contributed by atoms with Crippen LogP contribution in [0.3, 0.4) is 0 Å². The van der Waals surface area contributed by atoms with E-state index in [9.17, 15) is 0 Å². The van der Waals surface area contributed by atoms with Gasteiger partial charge in [0.1, 0.15) is 0 Å². The highest BCUT2D eigenvalue weighted by atomic mass is 14.8. The van der Waals surface area contributed by atoms with Gasteiger partial charge in [-0.25, -0.2) is 0 Å². The molecule has 0 rings (SSSR count). The molecule has 3 unspecified atom stereocenters. The first-order chi connectivity index (χ1) is 5.82. The first kappa shape index (κ1) is 12.7. The van der Waals surface area contributed by atoms with Gasteiger partial charge < -0.3 is 5.73 Å². The number of hydrogen-bond donors (Lipinski definition) is 1. The van der Waals surface area contributed by atoms with Crippen LogP contribution in [0.4, 0.5) is 0 Å². The quantitative estimate of drug-likeness (QED) is 0.651. The number of rotatable bonds is 5. The van der Waals surface area contributed by atoms with E-state index >= 15 is 0 Å². The van der Waals surface area contributed by atoms with Crippen LogP contribution in [0.2, 0.25) is 0 Å². The van der Waals surface area contributed by atoms with Crippen molar-refractivity contribution in [3.8, 4) is 0 Å². The zero-order valence-electron chi connectivity index (χ0n) is 9.80. The van der Waals surface area contributed by atoms with Crippen molar-refractivity contribution in [2.24, 2.45) is 23.5 Å². The van der Waals surface area contributed by atoms with Crippen LogP contribution in [-0.4, -0.2) is 5.54 Å². The van der Waals surface area contributed by atoms with E-state index in [2.05, 4.69) is 41.2 Å². The topological polar surface area (TPSA) is 26.0 Å². The summed E-state index contributed by atoms with van der Waals surface area (Å²) in [5.74, 6) is 1.64. The van der Waals surface area contributed by atoms with Crippen molar-refractivity contribution < 1.29 is 0 Å². The van der Waals surface area contributed by atoms with Crippen LogP contribution >= 0.6 is 0 Å². The first-order valence-electron chi connectivity index (χ1n) is 5.23. The van der Waals surface area contributed by atoms with Crippen LogP contribution in [0, 0.1) is 17.8 Å². The van der Waals surface area contributed by atoms with E-state index in [1.807, 2.05) is 6.08 Å². The fourth-order valence-electron chi connectivity index (χ4n) is 1.48. The molecule has 0 spiro atoms. The molecule has 78 valence electrons. The minimum absolute atomic E-state index is 0.0583. The van der Waals surface area contributed by atoms with Crippen molar-refractivity contribution >= 4 is 0 Å². The molecule has 0 aromatic carbocycles. The lowest BCUT2D eigenvalue weighted by Crippen LogP contribution is -2.48. The zero-order chi connectivity index (χ0) is 10.6. The monoisotopic (exact) mass is 183 g/mol. The first-order valence-corrected chi connectivity index (χ1v) is 5.23. The molecule has 0 aliphatic heterocycles. The molecule has 0 aliphatic rings. The summed E-state index contributed by atoms with van der Waals surface area (Å²) in [6.07, 6.45) is 3.14. The predicted molar refractivity (Wildman–Crippen MR) is 60.6 cm³/mol. The van der Waals surface area contributed by atoms with E-state index in [0.29, 0.717) is 17.8 Å². The standard InChI is InChI=1S/C12H25N/c1-7-10(4)8-11(5)12(6,13)9(2)3/h7,9-11H,1,8,13H2,2-6H3. The lowest BCUT2D eigenvalue weighted by Gasteiger charge is -2.36. The second-order valence-electron chi connectivity index (χ2n) is 4.87. The molecule has 0 heterocycles. The molecule has 0 fully saturated rings. The molecule has 0 aliphatic carbocycles. The summed E-state index contributed by atoms with van der Waals surface area (Å²) in [6, 6.07) is 0. The average Bonchev–Trinajstić information content (AvgIpc) is 2.03. The van der Waals surface area contributed by atoms with E-state index in [4.69, 9.17) is 5.73 Å². The average molecular weight is 183 g/mol. The fraction of sp³-hybridized carbons (Fsp3) is 0.833. The van der Waals surface area contributed by atoms with Crippen molar-refractivity contribution in [3.05, 3.63) is 12.7 Å². The van der Waals surface area contributed by atoms with Gasteiger partial charge in [0.15, 0.2) is 0 Å². The van der Waals surface area contributed by atoms with Gasteiger partial charge in [-0.1, -0.05) is 33.8 Å². The fourth-order valence-corrected chi connectivity index (χ4v) is 1.48. The van der Waals surface area contributed by atoms with Crippen LogP contribution in [0.1, 0.15) is 41.0 Å². The third-order valence-corrected chi connectivity index (χ3v) is 3.43. The molecular weight excluding hydrogens is 158 g/mol. The number of allylic oxidation sites excluding steroid dienone is 1. The van der Waals surface area contributed by atoms with Crippen molar-refractivity contribution in [2.45, 2.75) is 46.6 Å². The number of nitrogens with two attached hydrogens (primary N) is 1. The maximum atomic E-state index is 6.27. The second kappa shape index (κ2) is 4.80. The van der Waals surface area contributed by atoms with Gasteiger partial charge in [-0.2, -0.15) is 0 Å². The van der Waals surface area contributed by atoms with E-state index in [-0.39, 0.29) is 5.54 Å². The molecule has 13 heavy (non-hydrogen) atoms. The molecule has 0 saturated heterocycles. The lowest BCUT2D eigenvalue weighted by atomic mass is 9.75. The Kier molecular flexibility index (Phi) is 4.69. The highest BCUT2D eigenvalue weighted by Gasteiger charge is 2.30. The smallest absolute Gasteiger partial charge is 0.0175 e. The minimum Gasteiger partial charge on any atom is -0.325 e. The Morgan fingerprint density at radius 3 is 2.08 bits per heavy atom. The van der Waals surface area contributed by atoms with Gasteiger partial charge >= 0.3 is 0 Å². The van der Waals surface area contributed by atoms with E-state index in [1.54, 1.807) is 0 Å². The summed E-state index contributed by atoms with van der Waals surface area (Å²) in [6.45, 7) is 14.8. The Morgan fingerprint density at radius 1 is 1.31 bits per heavy atom. The van der Waals surface area contributed by atoms with Crippen molar-refractivity contribution in [3.63, 3.8) is 0 Å². The summed E-state index contributed by atoms with van der Waals surface area (Å²) in [5, 5.41) is 0. The maximum Gasteiger partial charge on any atom is 0.0175 e. The Balaban J connectivity index is 4.24. The lowest BCUT2D eigenvalue weighted by molar-refractivity contribution is 0.211. The largest absolute Gasteiger partial charge is 0.325 e. The maximum absolute atomic E-state index is 6.27. The van der Waals surface area contributed by atoms with Crippen LogP contribution in [0.25, 0.3) is 0 Å². The summed E-state index contributed by atoms with van der Waals surface area (Å²) >= 11 is 0. The third kappa shape index (κ3) is 3.51. The van der Waals surface area contributed by atoms with Gasteiger partial charge in [0.2, 0.25) is 0 Å². The van der Waals surface area contributed by atoms with Crippen LogP contribution in [-0.2, 0) is 0 Å². The Morgan fingerprint density at radius 2 is 1.77 bits per heavy atom.